The summed E-state index contributed by atoms with van der Waals surface area (Å²) in [5, 5.41) is 0. The summed E-state index contributed by atoms with van der Waals surface area (Å²) in [4.78, 5) is 12.9. The van der Waals surface area contributed by atoms with E-state index in [9.17, 15) is 4.79 Å². The second kappa shape index (κ2) is 8.46. The Balaban J connectivity index is 1.53. The molecule has 30 heavy (non-hydrogen) atoms. The van der Waals surface area contributed by atoms with Gasteiger partial charge in [-0.25, -0.2) is 0 Å². The lowest BCUT2D eigenvalue weighted by molar-refractivity contribution is 0.101. The first kappa shape index (κ1) is 19.8. The van der Waals surface area contributed by atoms with E-state index in [2.05, 4.69) is 19.1 Å². The number of hydrogen-bond donors (Lipinski definition) is 0. The molecule has 0 aromatic heterocycles. The van der Waals surface area contributed by atoms with Crippen LogP contribution in [0.3, 0.4) is 0 Å². The number of allylic oxidation sites excluding steroid dienone is 1. The number of carbonyl (C=O) groups is 1. The summed E-state index contributed by atoms with van der Waals surface area (Å²) in [7, 11) is 1.64. The van der Waals surface area contributed by atoms with Gasteiger partial charge in [0, 0.05) is 6.07 Å². The molecule has 0 saturated heterocycles. The third-order valence-electron chi connectivity index (χ3n) is 5.17. The number of Topliss-reactive ketones (excluding diaryl/α,β-unsaturated/α-hetero) is 1. The van der Waals surface area contributed by atoms with E-state index in [1.54, 1.807) is 19.3 Å². The molecule has 0 aliphatic carbocycles. The number of carbonyl (C=O) groups excluding carboxylic acids is 1. The summed E-state index contributed by atoms with van der Waals surface area (Å²) < 4.78 is 17.1. The van der Waals surface area contributed by atoms with E-state index in [1.807, 2.05) is 49.4 Å². The molecule has 0 radical (unpaired) electrons. The molecule has 4 nitrogen and oxygen atoms in total. The Kier molecular flexibility index (Phi) is 5.57. The fourth-order valence-electron chi connectivity index (χ4n) is 3.49. The fraction of sp³-hybridized carbons (Fsp3) is 0.192. The van der Waals surface area contributed by atoms with E-state index in [0.717, 1.165) is 28.9 Å². The van der Waals surface area contributed by atoms with Gasteiger partial charge in [-0.1, -0.05) is 43.3 Å². The van der Waals surface area contributed by atoms with E-state index < -0.39 is 0 Å². The van der Waals surface area contributed by atoms with E-state index in [4.69, 9.17) is 14.2 Å². The molecule has 4 rings (SSSR count). The average Bonchev–Trinajstić information content (AvgIpc) is 3.08. The van der Waals surface area contributed by atoms with Crippen LogP contribution in [-0.2, 0) is 13.0 Å². The van der Waals surface area contributed by atoms with Crippen molar-refractivity contribution >= 4 is 11.9 Å². The Hall–Kier alpha value is -3.53. The Morgan fingerprint density at radius 2 is 1.77 bits per heavy atom. The molecule has 0 spiro atoms. The topological polar surface area (TPSA) is 44.8 Å². The number of methoxy groups -OCH3 is 1. The van der Waals surface area contributed by atoms with Crippen LogP contribution >= 0.6 is 0 Å². The van der Waals surface area contributed by atoms with Crippen molar-refractivity contribution in [3.8, 4) is 17.2 Å². The van der Waals surface area contributed by atoms with Gasteiger partial charge >= 0.3 is 0 Å². The van der Waals surface area contributed by atoms with E-state index in [1.165, 1.54) is 5.56 Å². The van der Waals surface area contributed by atoms with Crippen LogP contribution < -0.4 is 14.2 Å². The number of aryl methyl sites for hydroxylation is 2. The minimum absolute atomic E-state index is 0.0959. The van der Waals surface area contributed by atoms with Crippen LogP contribution in [0.1, 0.15) is 39.5 Å². The van der Waals surface area contributed by atoms with Crippen LogP contribution in [0.2, 0.25) is 0 Å². The number of benzene rings is 3. The first-order chi connectivity index (χ1) is 14.6. The molecule has 1 heterocycles. The zero-order valence-electron chi connectivity index (χ0n) is 17.4. The lowest BCUT2D eigenvalue weighted by Crippen LogP contribution is -2.00. The van der Waals surface area contributed by atoms with Gasteiger partial charge in [-0.3, -0.25) is 4.79 Å². The third-order valence-corrected chi connectivity index (χ3v) is 5.17. The average molecular weight is 400 g/mol. The van der Waals surface area contributed by atoms with Gasteiger partial charge in [0.25, 0.3) is 0 Å². The fourth-order valence-corrected chi connectivity index (χ4v) is 3.49. The predicted molar refractivity (Wildman–Crippen MR) is 117 cm³/mol. The number of rotatable bonds is 6. The maximum atomic E-state index is 12.9. The lowest BCUT2D eigenvalue weighted by atomic mass is 10.0. The SMILES string of the molecule is CCc1ccc(/C=C2\Oc3cc(OCc4cccc(OC)c4)cc(C)c3C2=O)cc1. The Morgan fingerprint density at radius 3 is 2.50 bits per heavy atom. The molecule has 4 heteroatoms. The van der Waals surface area contributed by atoms with Gasteiger partial charge in [0.1, 0.15) is 23.9 Å². The standard InChI is InChI=1S/C26H24O4/c1-4-18-8-10-19(11-9-18)14-24-26(27)25-17(2)12-22(15-23(25)30-24)29-16-20-6-5-7-21(13-20)28-3/h5-15H,4,16H2,1-3H3/b24-14-. The summed E-state index contributed by atoms with van der Waals surface area (Å²) in [5.74, 6) is 2.23. The predicted octanol–water partition coefficient (Wildman–Crippen LogP) is 5.76. The molecule has 1 aliphatic heterocycles. The summed E-state index contributed by atoms with van der Waals surface area (Å²) in [5.41, 5.74) is 4.63. The molecule has 152 valence electrons. The van der Waals surface area contributed by atoms with E-state index in [-0.39, 0.29) is 5.78 Å². The van der Waals surface area contributed by atoms with Crippen molar-refractivity contribution in [2.75, 3.05) is 7.11 Å². The molecular weight excluding hydrogens is 376 g/mol. The largest absolute Gasteiger partial charge is 0.497 e. The Labute approximate surface area is 176 Å². The molecular formula is C26H24O4. The van der Waals surface area contributed by atoms with Crippen molar-refractivity contribution in [1.29, 1.82) is 0 Å². The number of hydrogen-bond acceptors (Lipinski definition) is 4. The van der Waals surface area contributed by atoms with Crippen molar-refractivity contribution < 1.29 is 19.0 Å². The van der Waals surface area contributed by atoms with Crippen molar-refractivity contribution in [3.05, 3.63) is 94.2 Å². The van der Waals surface area contributed by atoms with Crippen molar-refractivity contribution in [2.45, 2.75) is 26.9 Å². The van der Waals surface area contributed by atoms with Crippen LogP contribution in [0.4, 0.5) is 0 Å². The molecule has 0 atom stereocenters. The van der Waals surface area contributed by atoms with Crippen molar-refractivity contribution in [1.82, 2.24) is 0 Å². The Morgan fingerprint density at radius 1 is 0.967 bits per heavy atom. The number of fused-ring (bicyclic) bond motifs is 1. The van der Waals surface area contributed by atoms with Gasteiger partial charge in [-0.2, -0.15) is 0 Å². The van der Waals surface area contributed by atoms with Crippen LogP contribution in [0.25, 0.3) is 6.08 Å². The zero-order valence-corrected chi connectivity index (χ0v) is 17.4. The van der Waals surface area contributed by atoms with Gasteiger partial charge in [0.2, 0.25) is 5.78 Å². The highest BCUT2D eigenvalue weighted by molar-refractivity contribution is 6.15. The highest BCUT2D eigenvalue weighted by Crippen LogP contribution is 2.37. The second-order valence-electron chi connectivity index (χ2n) is 7.29. The summed E-state index contributed by atoms with van der Waals surface area (Å²) in [6.07, 6.45) is 2.77. The zero-order chi connectivity index (χ0) is 21.1. The molecule has 0 N–H and O–H groups in total. The van der Waals surface area contributed by atoms with Gasteiger partial charge in [0.05, 0.1) is 12.7 Å². The van der Waals surface area contributed by atoms with Gasteiger partial charge in [-0.05, 0) is 59.9 Å². The van der Waals surface area contributed by atoms with Crippen LogP contribution in [0.15, 0.2) is 66.4 Å². The minimum atomic E-state index is -0.0959. The number of ether oxygens (including phenoxy) is 3. The summed E-state index contributed by atoms with van der Waals surface area (Å²) in [6.45, 7) is 4.41. The first-order valence-corrected chi connectivity index (χ1v) is 10.0. The van der Waals surface area contributed by atoms with Crippen LogP contribution in [0, 0.1) is 6.92 Å². The van der Waals surface area contributed by atoms with Gasteiger partial charge < -0.3 is 14.2 Å². The first-order valence-electron chi connectivity index (χ1n) is 10.0. The monoisotopic (exact) mass is 400 g/mol. The molecule has 1 aliphatic rings. The van der Waals surface area contributed by atoms with Gasteiger partial charge in [0.15, 0.2) is 5.76 Å². The molecule has 0 fully saturated rings. The summed E-state index contributed by atoms with van der Waals surface area (Å²) >= 11 is 0. The van der Waals surface area contributed by atoms with Crippen molar-refractivity contribution in [2.24, 2.45) is 0 Å². The summed E-state index contributed by atoms with van der Waals surface area (Å²) in [6, 6.07) is 19.5. The smallest absolute Gasteiger partial charge is 0.232 e. The highest BCUT2D eigenvalue weighted by Gasteiger charge is 2.30. The Bertz CT molecular complexity index is 1110. The maximum absolute atomic E-state index is 12.9. The van der Waals surface area contributed by atoms with E-state index >= 15 is 0 Å². The van der Waals surface area contributed by atoms with Crippen molar-refractivity contribution in [3.63, 3.8) is 0 Å². The van der Waals surface area contributed by atoms with Crippen LogP contribution in [-0.4, -0.2) is 12.9 Å². The minimum Gasteiger partial charge on any atom is -0.497 e. The van der Waals surface area contributed by atoms with E-state index in [0.29, 0.717) is 29.4 Å². The van der Waals surface area contributed by atoms with Crippen LogP contribution in [0.5, 0.6) is 17.2 Å². The number of ketones is 1. The second-order valence-corrected chi connectivity index (χ2v) is 7.29. The lowest BCUT2D eigenvalue weighted by Gasteiger charge is -2.10. The molecule has 3 aromatic rings. The molecule has 3 aromatic carbocycles. The maximum Gasteiger partial charge on any atom is 0.232 e. The molecule has 0 amide bonds. The van der Waals surface area contributed by atoms with Gasteiger partial charge in [-0.15, -0.1) is 0 Å². The third kappa shape index (κ3) is 4.08. The normalized spacial score (nSPS) is 13.8. The highest BCUT2D eigenvalue weighted by atomic mass is 16.5. The molecule has 0 unspecified atom stereocenters. The molecule has 0 bridgehead atoms. The quantitative estimate of drug-likeness (QED) is 0.494. The molecule has 0 saturated carbocycles.